The smallest absolute Gasteiger partial charge is 0.465 e. The Morgan fingerprint density at radius 3 is 2.24 bits per heavy atom. The number of hydrogen-bond donors (Lipinski definition) is 2. The molecule has 0 spiro atoms. The van der Waals surface area contributed by atoms with Gasteiger partial charge in [-0.15, -0.1) is 0 Å². The molecule has 0 heterocycles. The highest BCUT2D eigenvalue weighted by Crippen LogP contribution is 2.17. The van der Waals surface area contributed by atoms with Crippen LogP contribution in [0.2, 0.25) is 0 Å². The van der Waals surface area contributed by atoms with Crippen LogP contribution >= 0.6 is 0 Å². The first-order valence-electron chi connectivity index (χ1n) is 7.20. The highest BCUT2D eigenvalue weighted by molar-refractivity contribution is 5.64. The summed E-state index contributed by atoms with van der Waals surface area (Å²) in [5, 5.41) is 20.9. The summed E-state index contributed by atoms with van der Waals surface area (Å²) in [5.74, 6) is 0.125. The lowest BCUT2D eigenvalue weighted by molar-refractivity contribution is -0.384. The van der Waals surface area contributed by atoms with Crippen LogP contribution in [0.3, 0.4) is 0 Å². The molecule has 1 rings (SSSR count). The molecule has 11 nitrogen and oxygen atoms in total. The predicted octanol–water partition coefficient (Wildman–Crippen LogP) is 1.41. The second kappa shape index (κ2) is 11.6. The number of amides is 1. The Labute approximate surface area is 142 Å². The van der Waals surface area contributed by atoms with Crippen LogP contribution in [0.4, 0.5) is 15.3 Å². The van der Waals surface area contributed by atoms with Gasteiger partial charge in [0.25, 0.3) is 5.69 Å². The van der Waals surface area contributed by atoms with Gasteiger partial charge in [-0.05, 0) is 12.1 Å². The minimum atomic E-state index is -1.11. The number of ether oxygens (including phenoxy) is 4. The summed E-state index contributed by atoms with van der Waals surface area (Å²) in [6, 6.07) is 4.98. The molecule has 0 fully saturated rings. The molecule has 0 bridgehead atoms. The number of hydrogen-bond acceptors (Lipinski definition) is 8. The van der Waals surface area contributed by atoms with Crippen molar-refractivity contribution in [3.05, 3.63) is 34.4 Å². The molecular weight excluding hydrogens is 340 g/mol. The van der Waals surface area contributed by atoms with E-state index >= 15 is 0 Å². The molecule has 0 aliphatic carbocycles. The van der Waals surface area contributed by atoms with Gasteiger partial charge in [-0.25, -0.2) is 9.59 Å². The molecule has 0 saturated heterocycles. The number of carbonyl (C=O) groups excluding carboxylic acids is 1. The van der Waals surface area contributed by atoms with Gasteiger partial charge in [0.15, 0.2) is 0 Å². The normalized spacial score (nSPS) is 10.1. The van der Waals surface area contributed by atoms with E-state index in [1.54, 1.807) is 0 Å². The maximum Gasteiger partial charge on any atom is 0.513 e. The zero-order valence-electron chi connectivity index (χ0n) is 13.2. The maximum atomic E-state index is 11.4. The lowest BCUT2D eigenvalue weighted by Gasteiger charge is -2.07. The molecular formula is C14H18N2O9. The van der Waals surface area contributed by atoms with E-state index < -0.39 is 17.2 Å². The Balaban J connectivity index is 2.01. The van der Waals surface area contributed by atoms with Gasteiger partial charge in [-0.3, -0.25) is 10.1 Å². The molecule has 2 N–H and O–H groups in total. The van der Waals surface area contributed by atoms with Crippen molar-refractivity contribution < 1.29 is 38.6 Å². The number of non-ortho nitro benzene ring substituents is 1. The third-order valence-electron chi connectivity index (χ3n) is 2.59. The lowest BCUT2D eigenvalue weighted by Crippen LogP contribution is -2.25. The maximum absolute atomic E-state index is 11.4. The van der Waals surface area contributed by atoms with Crippen LogP contribution in [0.15, 0.2) is 24.3 Å². The van der Waals surface area contributed by atoms with E-state index in [1.165, 1.54) is 24.3 Å². The summed E-state index contributed by atoms with van der Waals surface area (Å²) in [7, 11) is 0. The van der Waals surface area contributed by atoms with Gasteiger partial charge in [0, 0.05) is 18.7 Å². The van der Waals surface area contributed by atoms with Gasteiger partial charge in [-0.1, -0.05) is 0 Å². The number of nitrogens with one attached hydrogen (secondary N) is 1. The van der Waals surface area contributed by atoms with E-state index in [1.807, 2.05) is 0 Å². The number of nitro groups is 1. The highest BCUT2D eigenvalue weighted by atomic mass is 16.7. The van der Waals surface area contributed by atoms with Crippen LogP contribution in [0.1, 0.15) is 0 Å². The van der Waals surface area contributed by atoms with Crippen molar-refractivity contribution in [3.63, 3.8) is 0 Å². The summed E-state index contributed by atoms with van der Waals surface area (Å²) in [5.41, 5.74) is -0.116. The number of carbonyl (C=O) groups is 2. The molecule has 25 heavy (non-hydrogen) atoms. The van der Waals surface area contributed by atoms with Crippen LogP contribution in [-0.2, 0) is 14.2 Å². The van der Waals surface area contributed by atoms with Gasteiger partial charge in [0.2, 0.25) is 0 Å². The van der Waals surface area contributed by atoms with Crippen LogP contribution < -0.4 is 10.1 Å². The third-order valence-corrected chi connectivity index (χ3v) is 2.59. The van der Waals surface area contributed by atoms with Crippen LogP contribution in [0.25, 0.3) is 0 Å². The van der Waals surface area contributed by atoms with Gasteiger partial charge in [0.1, 0.15) is 12.4 Å². The highest BCUT2D eigenvalue weighted by Gasteiger charge is 2.09. The average molecular weight is 358 g/mol. The van der Waals surface area contributed by atoms with Gasteiger partial charge >= 0.3 is 12.2 Å². The zero-order valence-corrected chi connectivity index (χ0v) is 13.2. The molecule has 0 aromatic heterocycles. The summed E-state index contributed by atoms with van der Waals surface area (Å²) in [4.78, 5) is 31.5. The van der Waals surface area contributed by atoms with Crippen molar-refractivity contribution in [3.8, 4) is 5.75 Å². The third kappa shape index (κ3) is 9.73. The Morgan fingerprint density at radius 1 is 1.04 bits per heavy atom. The Bertz CT molecular complexity index is 562. The first-order valence-corrected chi connectivity index (χ1v) is 7.20. The Kier molecular flexibility index (Phi) is 9.33. The van der Waals surface area contributed by atoms with E-state index in [2.05, 4.69) is 5.32 Å². The van der Waals surface area contributed by atoms with E-state index in [-0.39, 0.29) is 51.0 Å². The van der Waals surface area contributed by atoms with Gasteiger partial charge in [-0.2, -0.15) is 0 Å². The quantitative estimate of drug-likeness (QED) is 0.197. The molecule has 0 saturated carbocycles. The summed E-state index contributed by atoms with van der Waals surface area (Å²) in [6.45, 7) is 1.04. The van der Waals surface area contributed by atoms with Crippen molar-refractivity contribution in [2.75, 3.05) is 39.6 Å². The Morgan fingerprint density at radius 2 is 1.64 bits per heavy atom. The molecule has 11 heteroatoms. The minimum Gasteiger partial charge on any atom is -0.465 e. The summed E-state index contributed by atoms with van der Waals surface area (Å²) < 4.78 is 19.8. The van der Waals surface area contributed by atoms with Crippen molar-refractivity contribution in [2.24, 2.45) is 0 Å². The standard InChI is InChI=1S/C14H18N2O9/c17-13(18)15-5-6-22-7-8-23-9-10-24-14(19)25-12-3-1-11(2-4-12)16(20)21/h1-4,15H,5-10H2,(H,17,18). The van der Waals surface area contributed by atoms with Gasteiger partial charge < -0.3 is 29.4 Å². The monoisotopic (exact) mass is 358 g/mol. The van der Waals surface area contributed by atoms with Crippen molar-refractivity contribution in [1.29, 1.82) is 0 Å². The summed E-state index contributed by atoms with van der Waals surface area (Å²) >= 11 is 0. The first kappa shape index (κ1) is 20.1. The number of nitrogens with zero attached hydrogens (tertiary/aromatic N) is 1. The molecule has 0 atom stereocenters. The molecule has 0 aliphatic rings. The van der Waals surface area contributed by atoms with E-state index in [0.717, 1.165) is 0 Å². The average Bonchev–Trinajstić information content (AvgIpc) is 2.56. The zero-order chi connectivity index (χ0) is 18.5. The fourth-order valence-electron chi connectivity index (χ4n) is 1.50. The first-order chi connectivity index (χ1) is 12.0. The number of benzene rings is 1. The molecule has 0 radical (unpaired) electrons. The molecule has 0 unspecified atom stereocenters. The second-order valence-electron chi connectivity index (χ2n) is 4.41. The van der Waals surface area contributed by atoms with E-state index in [9.17, 15) is 19.7 Å². The summed E-state index contributed by atoms with van der Waals surface area (Å²) in [6.07, 6.45) is -2.06. The second-order valence-corrected chi connectivity index (χ2v) is 4.41. The number of carboxylic acid groups (broad SMARTS) is 1. The largest absolute Gasteiger partial charge is 0.513 e. The van der Waals surface area contributed by atoms with Crippen molar-refractivity contribution >= 4 is 17.9 Å². The fourth-order valence-corrected chi connectivity index (χ4v) is 1.50. The van der Waals surface area contributed by atoms with Crippen molar-refractivity contribution in [2.45, 2.75) is 0 Å². The van der Waals surface area contributed by atoms with Crippen LogP contribution in [0, 0.1) is 10.1 Å². The number of nitro benzene ring substituents is 1. The fraction of sp³-hybridized carbons (Fsp3) is 0.429. The molecule has 1 aromatic rings. The number of rotatable bonds is 11. The Hall–Kier alpha value is -2.92. The van der Waals surface area contributed by atoms with Crippen LogP contribution in [-0.4, -0.2) is 61.9 Å². The molecule has 1 aromatic carbocycles. The van der Waals surface area contributed by atoms with Gasteiger partial charge in [0.05, 0.1) is 31.4 Å². The molecule has 1 amide bonds. The SMILES string of the molecule is O=C(O)NCCOCCOCCOC(=O)Oc1ccc([N+](=O)[O-])cc1. The predicted molar refractivity (Wildman–Crippen MR) is 82.7 cm³/mol. The topological polar surface area (TPSA) is 146 Å². The van der Waals surface area contributed by atoms with E-state index in [0.29, 0.717) is 0 Å². The van der Waals surface area contributed by atoms with Crippen molar-refractivity contribution in [1.82, 2.24) is 5.32 Å². The minimum absolute atomic E-state index is 0.0353. The van der Waals surface area contributed by atoms with Crippen LogP contribution in [0.5, 0.6) is 5.75 Å². The lowest BCUT2D eigenvalue weighted by atomic mass is 10.3. The van der Waals surface area contributed by atoms with E-state index in [4.69, 9.17) is 24.1 Å². The molecule has 0 aliphatic heterocycles. The molecule has 138 valence electrons.